The van der Waals surface area contributed by atoms with E-state index in [0.29, 0.717) is 0 Å². The maximum Gasteiger partial charge on any atom is 0.119 e. The zero-order valence-electron chi connectivity index (χ0n) is 9.70. The van der Waals surface area contributed by atoms with Gasteiger partial charge in [0.2, 0.25) is 0 Å². The van der Waals surface area contributed by atoms with E-state index in [1.54, 1.807) is 0 Å². The molecule has 0 aromatic heterocycles. The summed E-state index contributed by atoms with van der Waals surface area (Å²) in [5.74, 6) is 0.960. The van der Waals surface area contributed by atoms with Gasteiger partial charge in [0.1, 0.15) is 5.75 Å². The van der Waals surface area contributed by atoms with Gasteiger partial charge < -0.3 is 10.5 Å². The van der Waals surface area contributed by atoms with E-state index in [2.05, 4.69) is 19.1 Å². The molecule has 0 unspecified atom stereocenters. The van der Waals surface area contributed by atoms with Crippen LogP contribution < -0.4 is 10.5 Å². The fourth-order valence-electron chi connectivity index (χ4n) is 1.47. The van der Waals surface area contributed by atoms with Crippen molar-refractivity contribution in [3.8, 4) is 5.75 Å². The third-order valence-electron chi connectivity index (χ3n) is 2.22. The van der Waals surface area contributed by atoms with Crippen molar-refractivity contribution in [1.82, 2.24) is 0 Å². The zero-order chi connectivity index (χ0) is 11.1. The molecule has 0 saturated carbocycles. The number of ether oxygens (including phenoxy) is 1. The molecular weight excluding hydrogens is 186 g/mol. The summed E-state index contributed by atoms with van der Waals surface area (Å²) in [7, 11) is 0. The molecule has 0 bridgehead atoms. The lowest BCUT2D eigenvalue weighted by Crippen LogP contribution is -2.17. The van der Waals surface area contributed by atoms with E-state index >= 15 is 0 Å². The largest absolute Gasteiger partial charge is 0.494 e. The second kappa shape index (κ2) is 6.46. The summed E-state index contributed by atoms with van der Waals surface area (Å²) in [6.45, 7) is 4.98. The van der Waals surface area contributed by atoms with Crippen molar-refractivity contribution in [2.24, 2.45) is 5.73 Å². The average Bonchev–Trinajstić information content (AvgIpc) is 2.18. The Balaban J connectivity index is 2.50. The van der Waals surface area contributed by atoms with Crippen LogP contribution in [-0.2, 0) is 6.42 Å². The van der Waals surface area contributed by atoms with Gasteiger partial charge in [0.15, 0.2) is 0 Å². The second-order valence-corrected chi connectivity index (χ2v) is 4.03. The number of unbranched alkanes of at least 4 members (excludes halogenated alkanes) is 1. The third-order valence-corrected chi connectivity index (χ3v) is 2.22. The van der Waals surface area contributed by atoms with Gasteiger partial charge in [0.05, 0.1) is 6.61 Å². The molecule has 84 valence electrons. The number of hydrogen-bond donors (Lipinski definition) is 1. The minimum absolute atomic E-state index is 0.205. The Morgan fingerprint density at radius 3 is 2.87 bits per heavy atom. The van der Waals surface area contributed by atoms with Crippen molar-refractivity contribution in [2.45, 2.75) is 39.2 Å². The highest BCUT2D eigenvalue weighted by molar-refractivity contribution is 5.28. The third kappa shape index (κ3) is 4.84. The Labute approximate surface area is 92.4 Å². The van der Waals surface area contributed by atoms with E-state index in [1.165, 1.54) is 12.0 Å². The first kappa shape index (κ1) is 12.1. The van der Waals surface area contributed by atoms with Gasteiger partial charge in [-0.3, -0.25) is 0 Å². The van der Waals surface area contributed by atoms with E-state index in [1.807, 2.05) is 19.1 Å². The van der Waals surface area contributed by atoms with Crippen LogP contribution in [0.2, 0.25) is 0 Å². The normalized spacial score (nSPS) is 12.5. The topological polar surface area (TPSA) is 35.2 Å². The lowest BCUT2D eigenvalue weighted by atomic mass is 10.1. The SMILES string of the molecule is CCCCOc1cccc(C[C@@H](C)N)c1. The first-order valence-corrected chi connectivity index (χ1v) is 5.69. The molecule has 1 rings (SSSR count). The molecule has 2 N–H and O–H groups in total. The van der Waals surface area contributed by atoms with Crippen molar-refractivity contribution >= 4 is 0 Å². The summed E-state index contributed by atoms with van der Waals surface area (Å²) in [5, 5.41) is 0. The highest BCUT2D eigenvalue weighted by Gasteiger charge is 1.99. The van der Waals surface area contributed by atoms with Gasteiger partial charge in [0, 0.05) is 6.04 Å². The summed E-state index contributed by atoms with van der Waals surface area (Å²) in [5.41, 5.74) is 7.00. The predicted molar refractivity (Wildman–Crippen MR) is 64.2 cm³/mol. The fraction of sp³-hybridized carbons (Fsp3) is 0.538. The average molecular weight is 207 g/mol. The smallest absolute Gasteiger partial charge is 0.119 e. The molecule has 1 aromatic rings. The Kier molecular flexibility index (Phi) is 5.19. The minimum Gasteiger partial charge on any atom is -0.494 e. The summed E-state index contributed by atoms with van der Waals surface area (Å²) < 4.78 is 5.63. The Bertz CT molecular complexity index is 284. The van der Waals surface area contributed by atoms with Crippen molar-refractivity contribution in [2.75, 3.05) is 6.61 Å². The summed E-state index contributed by atoms with van der Waals surface area (Å²) in [6.07, 6.45) is 3.18. The lowest BCUT2D eigenvalue weighted by molar-refractivity contribution is 0.309. The van der Waals surface area contributed by atoms with Gasteiger partial charge in [-0.2, -0.15) is 0 Å². The summed E-state index contributed by atoms with van der Waals surface area (Å²) in [4.78, 5) is 0. The van der Waals surface area contributed by atoms with Crippen LogP contribution in [-0.4, -0.2) is 12.6 Å². The molecule has 2 nitrogen and oxygen atoms in total. The van der Waals surface area contributed by atoms with Crippen LogP contribution in [0.5, 0.6) is 5.75 Å². The van der Waals surface area contributed by atoms with Crippen LogP contribution in [0.15, 0.2) is 24.3 Å². The molecule has 2 heteroatoms. The molecule has 0 fully saturated rings. The van der Waals surface area contributed by atoms with Crippen LogP contribution in [0.3, 0.4) is 0 Å². The molecule has 0 saturated heterocycles. The van der Waals surface area contributed by atoms with E-state index < -0.39 is 0 Å². The number of hydrogen-bond acceptors (Lipinski definition) is 2. The van der Waals surface area contributed by atoms with Gasteiger partial charge in [-0.1, -0.05) is 25.5 Å². The molecule has 0 amide bonds. The molecule has 0 aliphatic carbocycles. The molecule has 1 atom stereocenters. The molecule has 1 aromatic carbocycles. The monoisotopic (exact) mass is 207 g/mol. The van der Waals surface area contributed by atoms with Crippen LogP contribution in [0.4, 0.5) is 0 Å². The molecule has 0 radical (unpaired) electrons. The Hall–Kier alpha value is -1.02. The summed E-state index contributed by atoms with van der Waals surface area (Å²) in [6, 6.07) is 8.41. The van der Waals surface area contributed by atoms with Crippen LogP contribution >= 0.6 is 0 Å². The van der Waals surface area contributed by atoms with Crippen molar-refractivity contribution in [3.05, 3.63) is 29.8 Å². The molecule has 0 aliphatic heterocycles. The van der Waals surface area contributed by atoms with E-state index in [4.69, 9.17) is 10.5 Å². The maximum atomic E-state index is 5.76. The van der Waals surface area contributed by atoms with Gasteiger partial charge in [-0.15, -0.1) is 0 Å². The Morgan fingerprint density at radius 1 is 1.40 bits per heavy atom. The summed E-state index contributed by atoms with van der Waals surface area (Å²) >= 11 is 0. The minimum atomic E-state index is 0.205. The van der Waals surface area contributed by atoms with E-state index in [0.717, 1.165) is 25.2 Å². The standard InChI is InChI=1S/C13H21NO/c1-3-4-8-15-13-7-5-6-12(10-13)9-11(2)14/h5-7,10-11H,3-4,8-9,14H2,1-2H3/t11-/m1/s1. The highest BCUT2D eigenvalue weighted by Crippen LogP contribution is 2.14. The predicted octanol–water partition coefficient (Wildman–Crippen LogP) is 2.76. The fourth-order valence-corrected chi connectivity index (χ4v) is 1.47. The van der Waals surface area contributed by atoms with Crippen molar-refractivity contribution in [3.63, 3.8) is 0 Å². The van der Waals surface area contributed by atoms with Crippen molar-refractivity contribution < 1.29 is 4.74 Å². The first-order chi connectivity index (χ1) is 7.22. The quantitative estimate of drug-likeness (QED) is 0.728. The van der Waals surface area contributed by atoms with E-state index in [-0.39, 0.29) is 6.04 Å². The Morgan fingerprint density at radius 2 is 2.20 bits per heavy atom. The highest BCUT2D eigenvalue weighted by atomic mass is 16.5. The van der Waals surface area contributed by atoms with Gasteiger partial charge in [-0.25, -0.2) is 0 Å². The van der Waals surface area contributed by atoms with Crippen molar-refractivity contribution in [1.29, 1.82) is 0 Å². The molecule has 0 spiro atoms. The van der Waals surface area contributed by atoms with Crippen LogP contribution in [0, 0.1) is 0 Å². The molecule has 0 heterocycles. The van der Waals surface area contributed by atoms with Gasteiger partial charge in [0.25, 0.3) is 0 Å². The molecule has 15 heavy (non-hydrogen) atoms. The second-order valence-electron chi connectivity index (χ2n) is 4.03. The molecule has 0 aliphatic rings. The van der Waals surface area contributed by atoms with Crippen LogP contribution in [0.1, 0.15) is 32.3 Å². The van der Waals surface area contributed by atoms with Gasteiger partial charge >= 0.3 is 0 Å². The van der Waals surface area contributed by atoms with Gasteiger partial charge in [-0.05, 0) is 37.5 Å². The maximum absolute atomic E-state index is 5.76. The number of nitrogens with two attached hydrogens (primary N) is 1. The number of benzene rings is 1. The zero-order valence-corrected chi connectivity index (χ0v) is 9.70. The van der Waals surface area contributed by atoms with E-state index in [9.17, 15) is 0 Å². The van der Waals surface area contributed by atoms with Crippen LogP contribution in [0.25, 0.3) is 0 Å². The first-order valence-electron chi connectivity index (χ1n) is 5.69. The number of rotatable bonds is 6. The lowest BCUT2D eigenvalue weighted by Gasteiger charge is -2.09. The molecular formula is C13H21NO.